The van der Waals surface area contributed by atoms with Crippen LogP contribution in [0, 0.1) is 6.92 Å². The van der Waals surface area contributed by atoms with Crippen molar-refractivity contribution in [3.05, 3.63) is 42.0 Å². The molecule has 0 heterocycles. The maximum atomic E-state index is 5.78. The monoisotopic (exact) mass is 265 g/mol. The molecule has 102 valence electrons. The van der Waals surface area contributed by atoms with Crippen molar-refractivity contribution in [2.24, 2.45) is 0 Å². The molecule has 1 aromatic rings. The molecule has 1 aromatic carbocycles. The summed E-state index contributed by atoms with van der Waals surface area (Å²) in [6.07, 6.45) is 6.93. The first-order valence-corrected chi connectivity index (χ1v) is 7.09. The van der Waals surface area contributed by atoms with Gasteiger partial charge < -0.3 is 5.73 Å². The molecule has 1 atom stereocenters. The Morgan fingerprint density at radius 3 is 2.22 bits per heavy atom. The molecule has 2 heteroatoms. The van der Waals surface area contributed by atoms with Gasteiger partial charge in [0.25, 0.3) is 0 Å². The van der Waals surface area contributed by atoms with E-state index in [0.29, 0.717) is 0 Å². The Hall–Kier alpha value is -1.07. The minimum Gasteiger partial charge on any atom is -0.398 e. The molecule has 0 aliphatic carbocycles. The fraction of sp³-hybridized carbons (Fsp3) is 0.375. The molecular weight excluding hydrogens is 237 g/mol. The fourth-order valence-corrected chi connectivity index (χ4v) is 1.57. The minimum atomic E-state index is 0.805. The number of rotatable bonds is 2. The average molecular weight is 265 g/mol. The van der Waals surface area contributed by atoms with Crippen LogP contribution in [0.3, 0.4) is 0 Å². The van der Waals surface area contributed by atoms with Crippen LogP contribution in [0.25, 0.3) is 6.08 Å². The maximum absolute atomic E-state index is 5.78. The highest BCUT2D eigenvalue weighted by atomic mass is 31.0. The van der Waals surface area contributed by atoms with E-state index in [1.807, 2.05) is 38.1 Å². The van der Waals surface area contributed by atoms with Gasteiger partial charge in [0, 0.05) is 11.0 Å². The number of aryl methyl sites for hydroxylation is 1. The number of hydrogen-bond acceptors (Lipinski definition) is 1. The summed E-state index contributed by atoms with van der Waals surface area (Å²) in [6.45, 7) is 13.9. The maximum Gasteiger partial charge on any atom is 0.0393 e. The van der Waals surface area contributed by atoms with Gasteiger partial charge in [-0.2, -0.15) is 0 Å². The third-order valence-electron chi connectivity index (χ3n) is 1.94. The van der Waals surface area contributed by atoms with Crippen LogP contribution in [0.5, 0.6) is 0 Å². The predicted octanol–water partition coefficient (Wildman–Crippen LogP) is 4.72. The smallest absolute Gasteiger partial charge is 0.0393 e. The first-order chi connectivity index (χ1) is 8.58. The van der Waals surface area contributed by atoms with Gasteiger partial charge in [0.05, 0.1) is 0 Å². The fourth-order valence-electron chi connectivity index (χ4n) is 1.15. The molecule has 0 spiro atoms. The van der Waals surface area contributed by atoms with Crippen LogP contribution in [-0.2, 0) is 0 Å². The van der Waals surface area contributed by atoms with Crippen molar-refractivity contribution in [1.82, 2.24) is 0 Å². The van der Waals surface area contributed by atoms with Gasteiger partial charge in [-0.3, -0.25) is 0 Å². The van der Waals surface area contributed by atoms with Crippen molar-refractivity contribution in [1.29, 1.82) is 0 Å². The number of hydrogen-bond donors (Lipinski definition) is 1. The van der Waals surface area contributed by atoms with Crippen molar-refractivity contribution < 1.29 is 0 Å². The summed E-state index contributed by atoms with van der Waals surface area (Å²) in [6, 6.07) is 3.94. The van der Waals surface area contributed by atoms with Gasteiger partial charge in [-0.25, -0.2) is 0 Å². The summed E-state index contributed by atoms with van der Waals surface area (Å²) < 4.78 is 0. The Labute approximate surface area is 115 Å². The SMILES string of the molecule is C=C/C=C\c1c(C)ccc(N)c1P.CC.CCC. The Morgan fingerprint density at radius 1 is 1.28 bits per heavy atom. The average Bonchev–Trinajstić information content (AvgIpc) is 2.38. The van der Waals surface area contributed by atoms with Crippen molar-refractivity contribution in [2.75, 3.05) is 5.73 Å². The predicted molar refractivity (Wildman–Crippen MR) is 91.5 cm³/mol. The van der Waals surface area contributed by atoms with Crippen LogP contribution in [0.15, 0.2) is 30.9 Å². The van der Waals surface area contributed by atoms with Crippen molar-refractivity contribution in [3.63, 3.8) is 0 Å². The summed E-state index contributed by atoms with van der Waals surface area (Å²) in [5.74, 6) is 0. The molecule has 0 amide bonds. The van der Waals surface area contributed by atoms with Gasteiger partial charge in [-0.05, 0) is 24.1 Å². The molecule has 0 bridgehead atoms. The second-order valence-electron chi connectivity index (χ2n) is 3.60. The van der Waals surface area contributed by atoms with Crippen LogP contribution in [0.4, 0.5) is 5.69 Å². The summed E-state index contributed by atoms with van der Waals surface area (Å²) >= 11 is 0. The zero-order chi connectivity index (χ0) is 14.6. The minimum absolute atomic E-state index is 0.805. The molecule has 0 saturated heterocycles. The Kier molecular flexibility index (Phi) is 13.3. The van der Waals surface area contributed by atoms with Gasteiger partial charge in [-0.1, -0.05) is 65.0 Å². The zero-order valence-electron chi connectivity index (χ0n) is 12.5. The summed E-state index contributed by atoms with van der Waals surface area (Å²) in [5, 5.41) is 1.05. The largest absolute Gasteiger partial charge is 0.398 e. The molecule has 0 radical (unpaired) electrons. The van der Waals surface area contributed by atoms with E-state index in [0.717, 1.165) is 16.6 Å². The molecule has 0 fully saturated rings. The molecule has 1 rings (SSSR count). The van der Waals surface area contributed by atoms with E-state index in [2.05, 4.69) is 36.6 Å². The Balaban J connectivity index is 0. The summed E-state index contributed by atoms with van der Waals surface area (Å²) in [7, 11) is 2.66. The number of nitrogens with two attached hydrogens (primary N) is 1. The van der Waals surface area contributed by atoms with Crippen LogP contribution in [0.1, 0.15) is 45.2 Å². The summed E-state index contributed by atoms with van der Waals surface area (Å²) in [5.41, 5.74) is 8.96. The van der Waals surface area contributed by atoms with E-state index in [1.165, 1.54) is 12.0 Å². The lowest BCUT2D eigenvalue weighted by Crippen LogP contribution is -2.06. The van der Waals surface area contributed by atoms with E-state index in [9.17, 15) is 0 Å². The topological polar surface area (TPSA) is 26.0 Å². The molecule has 1 nitrogen and oxygen atoms in total. The van der Waals surface area contributed by atoms with E-state index in [1.54, 1.807) is 6.08 Å². The van der Waals surface area contributed by atoms with Gasteiger partial charge >= 0.3 is 0 Å². The molecule has 2 N–H and O–H groups in total. The molecule has 0 saturated carbocycles. The third kappa shape index (κ3) is 7.29. The highest BCUT2D eigenvalue weighted by Crippen LogP contribution is 2.14. The standard InChI is InChI=1S/C11H14NP.C3H8.C2H6/c1-3-4-5-9-8(2)6-7-10(12)11(9)13;1-3-2;1-2/h3-7H,1,12-13H2,2H3;3H2,1-2H3;1-2H3/b5-4-;;. The van der Waals surface area contributed by atoms with Crippen LogP contribution in [-0.4, -0.2) is 0 Å². The first kappa shape index (κ1) is 19.3. The third-order valence-corrected chi connectivity index (χ3v) is 2.58. The van der Waals surface area contributed by atoms with Gasteiger partial charge in [0.15, 0.2) is 0 Å². The van der Waals surface area contributed by atoms with Crippen molar-refractivity contribution in [3.8, 4) is 0 Å². The normalized spacial score (nSPS) is 9.00. The molecule has 18 heavy (non-hydrogen) atoms. The molecule has 0 aliphatic rings. The lowest BCUT2D eigenvalue weighted by molar-refractivity contribution is 1.09. The summed E-state index contributed by atoms with van der Waals surface area (Å²) in [4.78, 5) is 0. The van der Waals surface area contributed by atoms with Gasteiger partial charge in [-0.15, -0.1) is 9.24 Å². The first-order valence-electron chi connectivity index (χ1n) is 6.52. The van der Waals surface area contributed by atoms with E-state index in [4.69, 9.17) is 5.73 Å². The number of nitrogen functional groups attached to an aromatic ring is 1. The highest BCUT2D eigenvalue weighted by molar-refractivity contribution is 7.28. The van der Waals surface area contributed by atoms with Crippen molar-refractivity contribution in [2.45, 2.75) is 41.0 Å². The Bertz CT molecular complexity index is 368. The van der Waals surface area contributed by atoms with E-state index >= 15 is 0 Å². The number of anilines is 1. The van der Waals surface area contributed by atoms with Crippen LogP contribution < -0.4 is 11.0 Å². The van der Waals surface area contributed by atoms with E-state index in [-0.39, 0.29) is 0 Å². The lowest BCUT2D eigenvalue weighted by Gasteiger charge is -2.07. The van der Waals surface area contributed by atoms with Gasteiger partial charge in [0.1, 0.15) is 0 Å². The lowest BCUT2D eigenvalue weighted by atomic mass is 10.1. The van der Waals surface area contributed by atoms with Crippen LogP contribution in [0.2, 0.25) is 0 Å². The molecule has 1 unspecified atom stereocenters. The molecule has 0 aliphatic heterocycles. The molecular formula is C16H28NP. The molecule has 0 aromatic heterocycles. The second-order valence-corrected chi connectivity index (χ2v) is 4.18. The van der Waals surface area contributed by atoms with E-state index < -0.39 is 0 Å². The Morgan fingerprint density at radius 2 is 1.78 bits per heavy atom. The van der Waals surface area contributed by atoms with Crippen molar-refractivity contribution >= 4 is 26.3 Å². The number of allylic oxidation sites excluding steroid dienone is 2. The highest BCUT2D eigenvalue weighted by Gasteiger charge is 2.01. The number of benzene rings is 1. The zero-order valence-corrected chi connectivity index (χ0v) is 13.6. The quantitative estimate of drug-likeness (QED) is 0.467. The van der Waals surface area contributed by atoms with Gasteiger partial charge in [0.2, 0.25) is 0 Å². The second kappa shape index (κ2) is 12.4. The van der Waals surface area contributed by atoms with Crippen LogP contribution >= 0.6 is 9.24 Å².